The molecule has 3 aromatic rings. The SMILES string of the molecule is O=C1C=C(c2ccc(O[C@@H]3CCc4c(-c5ccccc5Cl)cccc43)cc2)S(=O)N1. The van der Waals surface area contributed by atoms with Gasteiger partial charge in [0, 0.05) is 16.7 Å². The van der Waals surface area contributed by atoms with Crippen molar-refractivity contribution in [3.05, 3.63) is 94.5 Å². The van der Waals surface area contributed by atoms with E-state index in [9.17, 15) is 9.00 Å². The third kappa shape index (κ3) is 3.44. The van der Waals surface area contributed by atoms with Gasteiger partial charge in [-0.25, -0.2) is 4.21 Å². The van der Waals surface area contributed by atoms with Crippen LogP contribution in [0.5, 0.6) is 5.75 Å². The molecule has 150 valence electrons. The Hall–Kier alpha value is -2.89. The molecule has 0 aromatic heterocycles. The molecular weight excluding hydrogens is 418 g/mol. The summed E-state index contributed by atoms with van der Waals surface area (Å²) in [5.41, 5.74) is 5.41. The van der Waals surface area contributed by atoms with Crippen LogP contribution in [-0.4, -0.2) is 10.1 Å². The second kappa shape index (κ2) is 7.74. The van der Waals surface area contributed by atoms with Gasteiger partial charge in [-0.15, -0.1) is 0 Å². The Labute approximate surface area is 182 Å². The molecule has 1 aliphatic heterocycles. The first-order valence-corrected chi connectivity index (χ1v) is 11.2. The minimum atomic E-state index is -1.49. The number of rotatable bonds is 4. The molecule has 5 rings (SSSR count). The Morgan fingerprint density at radius 3 is 2.47 bits per heavy atom. The number of ether oxygens (including phenoxy) is 1. The van der Waals surface area contributed by atoms with E-state index in [1.165, 1.54) is 17.2 Å². The van der Waals surface area contributed by atoms with Gasteiger partial charge in [-0.2, -0.15) is 0 Å². The van der Waals surface area contributed by atoms with Crippen LogP contribution in [0.3, 0.4) is 0 Å². The number of halogens is 1. The van der Waals surface area contributed by atoms with Crippen molar-refractivity contribution in [3.63, 3.8) is 0 Å². The number of amides is 1. The number of hydrogen-bond acceptors (Lipinski definition) is 3. The van der Waals surface area contributed by atoms with Gasteiger partial charge >= 0.3 is 0 Å². The molecule has 4 nitrogen and oxygen atoms in total. The Kier molecular flexibility index (Phi) is 4.93. The van der Waals surface area contributed by atoms with E-state index in [0.29, 0.717) is 4.91 Å². The third-order valence-electron chi connectivity index (χ3n) is 5.45. The van der Waals surface area contributed by atoms with Crippen molar-refractivity contribution in [1.82, 2.24) is 4.72 Å². The van der Waals surface area contributed by atoms with Crippen molar-refractivity contribution in [2.75, 3.05) is 0 Å². The molecule has 6 heteroatoms. The quantitative estimate of drug-likeness (QED) is 0.612. The first kappa shape index (κ1) is 19.1. The van der Waals surface area contributed by atoms with Crippen molar-refractivity contribution in [2.45, 2.75) is 18.9 Å². The van der Waals surface area contributed by atoms with Gasteiger partial charge in [-0.05, 0) is 53.3 Å². The summed E-state index contributed by atoms with van der Waals surface area (Å²) in [5, 5.41) is 0.748. The minimum Gasteiger partial charge on any atom is -0.486 e. The first-order valence-electron chi connectivity index (χ1n) is 9.68. The molecule has 0 saturated heterocycles. The lowest BCUT2D eigenvalue weighted by Crippen LogP contribution is -2.16. The van der Waals surface area contributed by atoms with Crippen LogP contribution in [-0.2, 0) is 22.2 Å². The fraction of sp³-hybridized carbons (Fsp3) is 0.125. The van der Waals surface area contributed by atoms with Gasteiger partial charge in [0.05, 0.1) is 4.91 Å². The molecule has 1 unspecified atom stereocenters. The van der Waals surface area contributed by atoms with Gasteiger partial charge in [0.25, 0.3) is 5.91 Å². The van der Waals surface area contributed by atoms with Gasteiger partial charge in [-0.1, -0.05) is 60.1 Å². The number of benzene rings is 3. The number of fused-ring (bicyclic) bond motifs is 1. The molecule has 1 N–H and O–H groups in total. The molecule has 30 heavy (non-hydrogen) atoms. The molecule has 3 aromatic carbocycles. The van der Waals surface area contributed by atoms with Crippen LogP contribution in [0.25, 0.3) is 16.0 Å². The smallest absolute Gasteiger partial charge is 0.257 e. The maximum atomic E-state index is 11.9. The zero-order chi connectivity index (χ0) is 20.7. The van der Waals surface area contributed by atoms with Crippen molar-refractivity contribution in [1.29, 1.82) is 0 Å². The average Bonchev–Trinajstić information content (AvgIpc) is 3.31. The number of carbonyl (C=O) groups is 1. The molecule has 0 saturated carbocycles. The summed E-state index contributed by atoms with van der Waals surface area (Å²) in [7, 11) is -1.49. The number of carbonyl (C=O) groups excluding carboxylic acids is 1. The summed E-state index contributed by atoms with van der Waals surface area (Å²) in [4.78, 5) is 11.9. The lowest BCUT2D eigenvalue weighted by atomic mass is 9.96. The lowest BCUT2D eigenvalue weighted by Gasteiger charge is -2.16. The molecule has 1 amide bonds. The highest BCUT2D eigenvalue weighted by Gasteiger charge is 2.27. The van der Waals surface area contributed by atoms with Gasteiger partial charge in [0.15, 0.2) is 11.0 Å². The highest BCUT2D eigenvalue weighted by molar-refractivity contribution is 7.93. The molecule has 0 fully saturated rings. The van der Waals surface area contributed by atoms with Crippen LogP contribution < -0.4 is 9.46 Å². The van der Waals surface area contributed by atoms with Gasteiger partial charge in [0.2, 0.25) is 0 Å². The summed E-state index contributed by atoms with van der Waals surface area (Å²) in [6.45, 7) is 0. The van der Waals surface area contributed by atoms with Crippen molar-refractivity contribution in [2.24, 2.45) is 0 Å². The molecule has 0 radical (unpaired) electrons. The van der Waals surface area contributed by atoms with Gasteiger partial charge in [0.1, 0.15) is 11.9 Å². The van der Waals surface area contributed by atoms with E-state index in [0.717, 1.165) is 40.3 Å². The van der Waals surface area contributed by atoms with E-state index in [1.54, 1.807) is 0 Å². The second-order valence-corrected chi connectivity index (χ2v) is 8.85. The number of nitrogens with one attached hydrogen (secondary N) is 1. The molecular formula is C24H18ClNO3S. The molecule has 0 spiro atoms. The van der Waals surface area contributed by atoms with E-state index in [4.69, 9.17) is 16.3 Å². The standard InChI is InChI=1S/C24H18ClNO3S/c25-21-7-2-1-4-19(21)17-5-3-6-20-18(17)12-13-22(20)29-16-10-8-15(9-11-16)23-14-24(27)26-30(23)28/h1-11,14,22H,12-13H2,(H,26,27)/t22-,30?/m1/s1. The van der Waals surface area contributed by atoms with E-state index in [-0.39, 0.29) is 12.0 Å². The fourth-order valence-electron chi connectivity index (χ4n) is 4.07. The Balaban J connectivity index is 1.39. The second-order valence-electron chi connectivity index (χ2n) is 7.27. The predicted molar refractivity (Wildman–Crippen MR) is 119 cm³/mol. The van der Waals surface area contributed by atoms with Crippen molar-refractivity contribution < 1.29 is 13.7 Å². The average molecular weight is 436 g/mol. The highest BCUT2D eigenvalue weighted by atomic mass is 35.5. The summed E-state index contributed by atoms with van der Waals surface area (Å²) in [6.07, 6.45) is 3.16. The van der Waals surface area contributed by atoms with Crippen LogP contribution in [0.2, 0.25) is 5.02 Å². The molecule has 0 bridgehead atoms. The maximum Gasteiger partial charge on any atom is 0.257 e. The van der Waals surface area contributed by atoms with E-state index in [2.05, 4.69) is 16.9 Å². The van der Waals surface area contributed by atoms with Gasteiger partial charge < -0.3 is 4.74 Å². The Morgan fingerprint density at radius 1 is 0.967 bits per heavy atom. The van der Waals surface area contributed by atoms with E-state index in [1.807, 2.05) is 54.6 Å². The maximum absolute atomic E-state index is 11.9. The topological polar surface area (TPSA) is 55.4 Å². The minimum absolute atomic E-state index is 0.0311. The molecule has 1 heterocycles. The Morgan fingerprint density at radius 2 is 1.73 bits per heavy atom. The van der Waals surface area contributed by atoms with Crippen molar-refractivity contribution >= 4 is 33.4 Å². The van der Waals surface area contributed by atoms with Crippen molar-refractivity contribution in [3.8, 4) is 16.9 Å². The third-order valence-corrected chi connectivity index (χ3v) is 6.92. The van der Waals surface area contributed by atoms with Crippen LogP contribution in [0.15, 0.2) is 72.8 Å². The summed E-state index contributed by atoms with van der Waals surface area (Å²) >= 11 is 6.43. The zero-order valence-electron chi connectivity index (χ0n) is 15.9. The summed E-state index contributed by atoms with van der Waals surface area (Å²) in [6, 6.07) is 21.5. The molecule has 2 atom stereocenters. The van der Waals surface area contributed by atoms with Gasteiger partial charge in [-0.3, -0.25) is 9.52 Å². The number of hydrogen-bond donors (Lipinski definition) is 1. The fourth-order valence-corrected chi connectivity index (χ4v) is 5.22. The van der Waals surface area contributed by atoms with Crippen LogP contribution in [0.4, 0.5) is 0 Å². The largest absolute Gasteiger partial charge is 0.486 e. The van der Waals surface area contributed by atoms with Crippen LogP contribution in [0.1, 0.15) is 29.2 Å². The Bertz CT molecular complexity index is 1200. The lowest BCUT2D eigenvalue weighted by molar-refractivity contribution is -0.114. The first-order chi connectivity index (χ1) is 14.6. The monoisotopic (exact) mass is 435 g/mol. The summed E-state index contributed by atoms with van der Waals surface area (Å²) < 4.78 is 20.6. The highest BCUT2D eigenvalue weighted by Crippen LogP contribution is 2.41. The summed E-state index contributed by atoms with van der Waals surface area (Å²) in [5.74, 6) is 0.406. The zero-order valence-corrected chi connectivity index (χ0v) is 17.5. The van der Waals surface area contributed by atoms with E-state index >= 15 is 0 Å². The normalized spacial score (nSPS) is 19.9. The predicted octanol–water partition coefficient (Wildman–Crippen LogP) is 5.21. The van der Waals surface area contributed by atoms with E-state index < -0.39 is 11.0 Å². The molecule has 1 aliphatic carbocycles. The van der Waals surface area contributed by atoms with Crippen LogP contribution >= 0.6 is 11.6 Å². The van der Waals surface area contributed by atoms with Crippen LogP contribution in [0, 0.1) is 0 Å². The molecule has 2 aliphatic rings.